The third-order valence-corrected chi connectivity index (χ3v) is 4.14. The first kappa shape index (κ1) is 19.6. The molecule has 146 valence electrons. The van der Waals surface area contributed by atoms with Gasteiger partial charge in [0.25, 0.3) is 5.56 Å². The van der Waals surface area contributed by atoms with Crippen LogP contribution in [-0.4, -0.2) is 29.6 Å². The van der Waals surface area contributed by atoms with E-state index in [1.165, 1.54) is 4.40 Å². The molecular weight excluding hydrogens is 374 g/mol. The normalized spacial score (nSPS) is 11.0. The number of rotatable bonds is 5. The molecule has 0 aliphatic rings. The zero-order valence-electron chi connectivity index (χ0n) is 16.0. The van der Waals surface area contributed by atoms with Gasteiger partial charge in [0.15, 0.2) is 0 Å². The minimum absolute atomic E-state index is 0.0360. The molecule has 0 saturated heterocycles. The quantitative estimate of drug-likeness (QED) is 0.374. The van der Waals surface area contributed by atoms with Gasteiger partial charge in [-0.25, -0.2) is 4.79 Å². The van der Waals surface area contributed by atoms with E-state index < -0.39 is 11.5 Å². The Morgan fingerprint density at radius 1 is 1.17 bits per heavy atom. The summed E-state index contributed by atoms with van der Waals surface area (Å²) in [5, 5.41) is 9.27. The second-order valence-corrected chi connectivity index (χ2v) is 5.96. The molecule has 29 heavy (non-hydrogen) atoms. The number of carbonyl (C=O) groups excluding carboxylic acids is 1. The summed E-state index contributed by atoms with van der Waals surface area (Å²) in [5.41, 5.74) is 0.270. The maximum absolute atomic E-state index is 13.1. The van der Waals surface area contributed by atoms with E-state index in [2.05, 4.69) is 9.72 Å². The first-order valence-electron chi connectivity index (χ1n) is 8.52. The molecule has 3 rings (SSSR count). The number of aromatic nitrogens is 2. The van der Waals surface area contributed by atoms with Crippen molar-refractivity contribution in [3.63, 3.8) is 0 Å². The van der Waals surface area contributed by atoms with Crippen molar-refractivity contribution in [1.29, 1.82) is 5.26 Å². The molecule has 0 amide bonds. The molecule has 2 heterocycles. The van der Waals surface area contributed by atoms with Crippen LogP contribution in [0.4, 0.5) is 0 Å². The Hall–Kier alpha value is -4.12. The summed E-state index contributed by atoms with van der Waals surface area (Å²) in [4.78, 5) is 29.3. The predicted octanol–water partition coefficient (Wildman–Crippen LogP) is 2.88. The number of hydrogen-bond donors (Lipinski definition) is 0. The number of carbonyl (C=O) groups is 1. The summed E-state index contributed by atoms with van der Waals surface area (Å²) < 4.78 is 16.9. The van der Waals surface area contributed by atoms with E-state index in [4.69, 9.17) is 9.47 Å². The van der Waals surface area contributed by atoms with E-state index in [-0.39, 0.29) is 17.0 Å². The highest BCUT2D eigenvalue weighted by atomic mass is 16.5. The van der Waals surface area contributed by atoms with Crippen molar-refractivity contribution < 1.29 is 19.0 Å². The number of nitriles is 1. The highest BCUT2D eigenvalue weighted by Gasteiger charge is 2.18. The summed E-state index contributed by atoms with van der Waals surface area (Å²) >= 11 is 0. The van der Waals surface area contributed by atoms with Crippen molar-refractivity contribution in [3.05, 3.63) is 69.6 Å². The van der Waals surface area contributed by atoms with Crippen LogP contribution in [0.5, 0.6) is 17.4 Å². The Morgan fingerprint density at radius 3 is 2.48 bits per heavy atom. The van der Waals surface area contributed by atoms with Crippen LogP contribution in [0.2, 0.25) is 0 Å². The van der Waals surface area contributed by atoms with Crippen molar-refractivity contribution in [3.8, 4) is 23.4 Å². The van der Waals surface area contributed by atoms with Crippen molar-refractivity contribution in [2.24, 2.45) is 0 Å². The molecule has 8 nitrogen and oxygen atoms in total. The molecule has 0 unspecified atom stereocenters. The van der Waals surface area contributed by atoms with Gasteiger partial charge < -0.3 is 14.2 Å². The Balaban J connectivity index is 2.23. The summed E-state index contributed by atoms with van der Waals surface area (Å²) in [7, 11) is 2.70. The monoisotopic (exact) mass is 391 g/mol. The first-order chi connectivity index (χ1) is 14.0. The fraction of sp³-hybridized carbons (Fsp3) is 0.143. The Bertz CT molecular complexity index is 1200. The van der Waals surface area contributed by atoms with Gasteiger partial charge in [-0.1, -0.05) is 6.07 Å². The smallest absolute Gasteiger partial charge is 0.348 e. The molecule has 0 atom stereocenters. The highest BCUT2D eigenvalue weighted by Crippen LogP contribution is 2.26. The van der Waals surface area contributed by atoms with Crippen molar-refractivity contribution in [2.45, 2.75) is 6.92 Å². The first-order valence-corrected chi connectivity index (χ1v) is 8.52. The maximum Gasteiger partial charge on any atom is 0.348 e. The molecule has 0 aliphatic heterocycles. The number of methoxy groups -OCH3 is 2. The van der Waals surface area contributed by atoms with Gasteiger partial charge in [0, 0.05) is 6.20 Å². The SMILES string of the molecule is COC(=O)C(C#N)=Cc1c(Oc2ccc(OC)cc2)nc2c(C)cccn2c1=O. The van der Waals surface area contributed by atoms with Crippen LogP contribution in [0.15, 0.2) is 53.0 Å². The number of benzene rings is 1. The molecular formula is C21H17N3O5. The average molecular weight is 391 g/mol. The number of aryl methyl sites for hydroxylation is 1. The van der Waals surface area contributed by atoms with Crippen LogP contribution >= 0.6 is 0 Å². The summed E-state index contributed by atoms with van der Waals surface area (Å²) in [6.45, 7) is 1.81. The lowest BCUT2D eigenvalue weighted by atomic mass is 10.2. The molecule has 0 saturated carbocycles. The standard InChI is InChI=1S/C21H17N3O5/c1-13-5-4-10-24-18(13)23-19(29-16-8-6-15(27-2)7-9-16)17(20(24)25)11-14(12-22)21(26)28-3/h4-11H,1-3H3. The molecule has 0 N–H and O–H groups in total. The molecule has 3 aromatic rings. The largest absolute Gasteiger partial charge is 0.497 e. The van der Waals surface area contributed by atoms with E-state index in [1.54, 1.807) is 49.7 Å². The number of hydrogen-bond acceptors (Lipinski definition) is 7. The zero-order chi connectivity index (χ0) is 21.0. The number of fused-ring (bicyclic) bond motifs is 1. The summed E-state index contributed by atoms with van der Waals surface area (Å²) in [6, 6.07) is 11.9. The lowest BCUT2D eigenvalue weighted by Crippen LogP contribution is -2.20. The third kappa shape index (κ3) is 3.94. The summed E-state index contributed by atoms with van der Waals surface area (Å²) in [5.74, 6) is 0.141. The number of nitrogens with zero attached hydrogens (tertiary/aromatic N) is 3. The summed E-state index contributed by atoms with van der Waals surface area (Å²) in [6.07, 6.45) is 2.67. The van der Waals surface area contributed by atoms with Gasteiger partial charge in [0.05, 0.1) is 14.2 Å². The van der Waals surface area contributed by atoms with E-state index >= 15 is 0 Å². The van der Waals surface area contributed by atoms with Crippen LogP contribution in [0.3, 0.4) is 0 Å². The topological polar surface area (TPSA) is 103 Å². The molecule has 0 radical (unpaired) electrons. The van der Waals surface area contributed by atoms with Crippen molar-refractivity contribution in [2.75, 3.05) is 14.2 Å². The van der Waals surface area contributed by atoms with Crippen molar-refractivity contribution >= 4 is 17.7 Å². The predicted molar refractivity (Wildman–Crippen MR) is 105 cm³/mol. The lowest BCUT2D eigenvalue weighted by molar-refractivity contribution is -0.135. The Labute approximate surface area is 166 Å². The van der Waals surface area contributed by atoms with Gasteiger partial charge in [-0.3, -0.25) is 9.20 Å². The Kier molecular flexibility index (Phi) is 5.60. The highest BCUT2D eigenvalue weighted by molar-refractivity contribution is 5.98. The van der Waals surface area contributed by atoms with E-state index in [1.807, 2.05) is 13.0 Å². The van der Waals surface area contributed by atoms with E-state index in [0.29, 0.717) is 17.1 Å². The molecule has 0 fully saturated rings. The minimum atomic E-state index is -0.864. The van der Waals surface area contributed by atoms with Crippen molar-refractivity contribution in [1.82, 2.24) is 9.38 Å². The Morgan fingerprint density at radius 2 is 1.86 bits per heavy atom. The molecule has 1 aromatic carbocycles. The van der Waals surface area contributed by atoms with Gasteiger partial charge in [-0.2, -0.15) is 10.2 Å². The number of ether oxygens (including phenoxy) is 3. The van der Waals surface area contributed by atoms with Crippen LogP contribution in [-0.2, 0) is 9.53 Å². The fourth-order valence-electron chi connectivity index (χ4n) is 2.64. The van der Waals surface area contributed by atoms with Gasteiger partial charge in [0.1, 0.15) is 34.4 Å². The fourth-order valence-corrected chi connectivity index (χ4v) is 2.64. The second kappa shape index (κ2) is 8.27. The van der Waals surface area contributed by atoms with Crippen LogP contribution < -0.4 is 15.0 Å². The maximum atomic E-state index is 13.1. The van der Waals surface area contributed by atoms with Gasteiger partial charge in [-0.15, -0.1) is 0 Å². The molecule has 2 aromatic heterocycles. The van der Waals surface area contributed by atoms with Gasteiger partial charge in [-0.05, 0) is 48.9 Å². The lowest BCUT2D eigenvalue weighted by Gasteiger charge is -2.11. The number of esters is 1. The third-order valence-electron chi connectivity index (χ3n) is 4.14. The molecule has 0 spiro atoms. The van der Waals surface area contributed by atoms with Crippen LogP contribution in [0, 0.1) is 18.3 Å². The van der Waals surface area contributed by atoms with Gasteiger partial charge >= 0.3 is 5.97 Å². The zero-order valence-corrected chi connectivity index (χ0v) is 16.0. The molecule has 0 bridgehead atoms. The number of pyridine rings is 1. The molecule has 0 aliphatic carbocycles. The van der Waals surface area contributed by atoms with E-state index in [0.717, 1.165) is 18.7 Å². The van der Waals surface area contributed by atoms with Gasteiger partial charge in [0.2, 0.25) is 5.88 Å². The van der Waals surface area contributed by atoms with Crippen LogP contribution in [0.1, 0.15) is 11.1 Å². The molecule has 8 heteroatoms. The average Bonchev–Trinajstić information content (AvgIpc) is 2.74. The van der Waals surface area contributed by atoms with E-state index in [9.17, 15) is 14.9 Å². The van der Waals surface area contributed by atoms with Crippen LogP contribution in [0.25, 0.3) is 11.7 Å². The minimum Gasteiger partial charge on any atom is -0.497 e. The second-order valence-electron chi connectivity index (χ2n) is 5.96.